The average molecular weight is 364 g/mol. The lowest BCUT2D eigenvalue weighted by Crippen LogP contribution is -2.31. The van der Waals surface area contributed by atoms with E-state index in [-0.39, 0.29) is 24.6 Å². The number of pyridine rings is 1. The summed E-state index contributed by atoms with van der Waals surface area (Å²) >= 11 is 0. The van der Waals surface area contributed by atoms with Crippen LogP contribution in [0, 0.1) is 13.8 Å². The SMILES string of the molecule is Cc1cc(C)n(-c2ccc(=O)n(CCNC(=O)C=Cc3cccnc3)n2)n1. The molecule has 27 heavy (non-hydrogen) atoms. The number of nitrogens with zero attached hydrogens (tertiary/aromatic N) is 5. The molecule has 0 spiro atoms. The van der Waals surface area contributed by atoms with E-state index in [0.717, 1.165) is 17.0 Å². The largest absolute Gasteiger partial charge is 0.351 e. The summed E-state index contributed by atoms with van der Waals surface area (Å²) in [5, 5.41) is 11.4. The monoisotopic (exact) mass is 364 g/mol. The molecular formula is C19H20N6O2. The number of aryl methyl sites for hydroxylation is 2. The Morgan fingerprint density at radius 1 is 1.22 bits per heavy atom. The normalized spacial score (nSPS) is 11.0. The number of nitrogens with one attached hydrogen (secondary N) is 1. The zero-order valence-corrected chi connectivity index (χ0v) is 15.2. The third kappa shape index (κ3) is 4.75. The van der Waals surface area contributed by atoms with Crippen LogP contribution in [0.1, 0.15) is 17.0 Å². The fourth-order valence-electron chi connectivity index (χ4n) is 2.56. The van der Waals surface area contributed by atoms with Gasteiger partial charge in [0, 0.05) is 36.8 Å². The summed E-state index contributed by atoms with van der Waals surface area (Å²) in [6, 6.07) is 8.67. The van der Waals surface area contributed by atoms with Crippen LogP contribution in [0.3, 0.4) is 0 Å². The summed E-state index contributed by atoms with van der Waals surface area (Å²) in [6.45, 7) is 4.36. The molecule has 3 aromatic rings. The van der Waals surface area contributed by atoms with Crippen molar-refractivity contribution < 1.29 is 4.79 Å². The Bertz CT molecular complexity index is 1020. The maximum atomic E-state index is 12.0. The van der Waals surface area contributed by atoms with Crippen molar-refractivity contribution >= 4 is 12.0 Å². The Hall–Kier alpha value is -3.55. The lowest BCUT2D eigenvalue weighted by atomic mass is 10.2. The molecule has 8 heteroatoms. The predicted molar refractivity (Wildman–Crippen MR) is 101 cm³/mol. The molecule has 0 aliphatic heterocycles. The smallest absolute Gasteiger partial charge is 0.266 e. The van der Waals surface area contributed by atoms with Crippen LogP contribution in [-0.2, 0) is 11.3 Å². The predicted octanol–water partition coefficient (Wildman–Crippen LogP) is 1.27. The minimum Gasteiger partial charge on any atom is -0.351 e. The number of hydrogen-bond donors (Lipinski definition) is 1. The van der Waals surface area contributed by atoms with Crippen LogP contribution >= 0.6 is 0 Å². The van der Waals surface area contributed by atoms with E-state index in [4.69, 9.17) is 0 Å². The van der Waals surface area contributed by atoms with Crippen LogP contribution in [0.15, 0.2) is 53.6 Å². The molecule has 0 unspecified atom stereocenters. The topological polar surface area (TPSA) is 94.7 Å². The molecule has 0 atom stereocenters. The van der Waals surface area contributed by atoms with Gasteiger partial charge in [0.15, 0.2) is 5.82 Å². The second-order valence-electron chi connectivity index (χ2n) is 6.00. The summed E-state index contributed by atoms with van der Waals surface area (Å²) in [5.41, 5.74) is 2.40. The number of rotatable bonds is 6. The first kappa shape index (κ1) is 18.2. The molecule has 0 fully saturated rings. The molecule has 0 saturated carbocycles. The van der Waals surface area contributed by atoms with E-state index < -0.39 is 0 Å². The molecule has 1 N–H and O–H groups in total. The van der Waals surface area contributed by atoms with E-state index in [1.165, 1.54) is 16.8 Å². The van der Waals surface area contributed by atoms with Crippen molar-refractivity contribution in [2.24, 2.45) is 0 Å². The molecule has 0 saturated heterocycles. The molecule has 3 heterocycles. The van der Waals surface area contributed by atoms with E-state index in [2.05, 4.69) is 20.5 Å². The van der Waals surface area contributed by atoms with E-state index in [1.54, 1.807) is 35.3 Å². The summed E-state index contributed by atoms with van der Waals surface area (Å²) in [7, 11) is 0. The van der Waals surface area contributed by atoms with Crippen LogP contribution in [0.5, 0.6) is 0 Å². The fraction of sp³-hybridized carbons (Fsp3) is 0.211. The van der Waals surface area contributed by atoms with Crippen molar-refractivity contribution in [3.05, 3.63) is 76.1 Å². The van der Waals surface area contributed by atoms with Crippen molar-refractivity contribution in [1.82, 2.24) is 29.9 Å². The van der Waals surface area contributed by atoms with Gasteiger partial charge < -0.3 is 5.32 Å². The first-order valence-corrected chi connectivity index (χ1v) is 8.51. The van der Waals surface area contributed by atoms with Gasteiger partial charge >= 0.3 is 0 Å². The van der Waals surface area contributed by atoms with Gasteiger partial charge in [-0.1, -0.05) is 6.07 Å². The fourth-order valence-corrected chi connectivity index (χ4v) is 2.56. The first-order valence-electron chi connectivity index (χ1n) is 8.51. The molecule has 8 nitrogen and oxygen atoms in total. The number of hydrogen-bond acceptors (Lipinski definition) is 5. The minimum atomic E-state index is -0.249. The third-order valence-electron chi connectivity index (χ3n) is 3.81. The van der Waals surface area contributed by atoms with Crippen molar-refractivity contribution in [1.29, 1.82) is 0 Å². The van der Waals surface area contributed by atoms with Crippen LogP contribution < -0.4 is 10.9 Å². The molecular weight excluding hydrogens is 344 g/mol. The molecule has 0 radical (unpaired) electrons. The van der Waals surface area contributed by atoms with E-state index in [9.17, 15) is 9.59 Å². The zero-order chi connectivity index (χ0) is 19.2. The van der Waals surface area contributed by atoms with Gasteiger partial charge in [-0.15, -0.1) is 5.10 Å². The second-order valence-corrected chi connectivity index (χ2v) is 6.00. The van der Waals surface area contributed by atoms with Gasteiger partial charge in [0.1, 0.15) is 0 Å². The van der Waals surface area contributed by atoms with E-state index in [1.807, 2.05) is 26.0 Å². The molecule has 0 aliphatic rings. The maximum absolute atomic E-state index is 12.0. The molecule has 0 aromatic carbocycles. The molecule has 3 aromatic heterocycles. The number of aromatic nitrogens is 5. The highest BCUT2D eigenvalue weighted by Gasteiger charge is 2.07. The highest BCUT2D eigenvalue weighted by molar-refractivity contribution is 5.91. The summed E-state index contributed by atoms with van der Waals surface area (Å²) in [5.74, 6) is 0.310. The Morgan fingerprint density at radius 2 is 2.07 bits per heavy atom. The van der Waals surface area contributed by atoms with E-state index in [0.29, 0.717) is 5.82 Å². The Labute approximate surface area is 156 Å². The van der Waals surface area contributed by atoms with Crippen molar-refractivity contribution in [3.8, 4) is 5.82 Å². The van der Waals surface area contributed by atoms with Crippen LogP contribution in [-0.4, -0.2) is 37.0 Å². The van der Waals surface area contributed by atoms with Gasteiger partial charge in [-0.3, -0.25) is 14.6 Å². The lowest BCUT2D eigenvalue weighted by molar-refractivity contribution is -0.116. The average Bonchev–Trinajstić information content (AvgIpc) is 3.00. The van der Waals surface area contributed by atoms with Gasteiger partial charge in [0.05, 0.1) is 12.2 Å². The molecule has 3 rings (SSSR count). The van der Waals surface area contributed by atoms with Gasteiger partial charge in [0.2, 0.25) is 5.91 Å². The lowest BCUT2D eigenvalue weighted by Gasteiger charge is -2.08. The summed E-state index contributed by atoms with van der Waals surface area (Å²) < 4.78 is 3.00. The van der Waals surface area contributed by atoms with Crippen LogP contribution in [0.25, 0.3) is 11.9 Å². The van der Waals surface area contributed by atoms with E-state index >= 15 is 0 Å². The third-order valence-corrected chi connectivity index (χ3v) is 3.81. The highest BCUT2D eigenvalue weighted by atomic mass is 16.1. The molecule has 0 bridgehead atoms. The van der Waals surface area contributed by atoms with Gasteiger partial charge in [-0.25, -0.2) is 9.36 Å². The Balaban J connectivity index is 1.62. The molecule has 138 valence electrons. The van der Waals surface area contributed by atoms with Gasteiger partial charge in [0.25, 0.3) is 5.56 Å². The molecule has 1 amide bonds. The van der Waals surface area contributed by atoms with Crippen molar-refractivity contribution in [2.75, 3.05) is 6.54 Å². The Morgan fingerprint density at radius 3 is 2.78 bits per heavy atom. The molecule has 0 aliphatic carbocycles. The zero-order valence-electron chi connectivity index (χ0n) is 15.2. The van der Waals surface area contributed by atoms with Crippen LogP contribution in [0.4, 0.5) is 0 Å². The summed E-state index contributed by atoms with van der Waals surface area (Å²) in [6.07, 6.45) is 6.44. The maximum Gasteiger partial charge on any atom is 0.266 e. The second kappa shape index (κ2) is 8.22. The Kier molecular flexibility index (Phi) is 5.55. The first-order chi connectivity index (χ1) is 13.0. The number of amides is 1. The number of carbonyl (C=O) groups is 1. The summed E-state index contributed by atoms with van der Waals surface area (Å²) in [4.78, 5) is 27.9. The van der Waals surface area contributed by atoms with Crippen LogP contribution in [0.2, 0.25) is 0 Å². The van der Waals surface area contributed by atoms with Crippen molar-refractivity contribution in [3.63, 3.8) is 0 Å². The van der Waals surface area contributed by atoms with Gasteiger partial charge in [-0.2, -0.15) is 5.10 Å². The number of carbonyl (C=O) groups excluding carboxylic acids is 1. The van der Waals surface area contributed by atoms with Gasteiger partial charge in [-0.05, 0) is 43.7 Å². The minimum absolute atomic E-state index is 0.236. The van der Waals surface area contributed by atoms with Crippen molar-refractivity contribution in [2.45, 2.75) is 20.4 Å². The highest BCUT2D eigenvalue weighted by Crippen LogP contribution is 2.07. The standard InChI is InChI=1S/C19H20N6O2/c1-14-12-15(2)25(22-14)17-6-8-19(27)24(23-17)11-10-21-18(26)7-5-16-4-3-9-20-13-16/h3-9,12-13H,10-11H2,1-2H3,(H,21,26). The quantitative estimate of drug-likeness (QED) is 0.665.